The highest BCUT2D eigenvalue weighted by atomic mass is 16.5. The first kappa shape index (κ1) is 7.80. The van der Waals surface area contributed by atoms with Gasteiger partial charge in [-0.1, -0.05) is 5.16 Å². The van der Waals surface area contributed by atoms with Gasteiger partial charge >= 0.3 is 0 Å². The minimum Gasteiger partial charge on any atom is -0.392 e. The van der Waals surface area contributed by atoms with Crippen LogP contribution in [0.1, 0.15) is 31.2 Å². The second-order valence-electron chi connectivity index (χ2n) is 3.65. The number of aliphatic hydroxyl groups is 1. The first-order chi connectivity index (χ1) is 5.65. The van der Waals surface area contributed by atoms with E-state index in [4.69, 9.17) is 4.52 Å². The fraction of sp³-hybridized carbons (Fsp3) is 0.667. The molecule has 1 saturated carbocycles. The van der Waals surface area contributed by atoms with Crippen molar-refractivity contribution in [3.05, 3.63) is 17.5 Å². The molecule has 1 fully saturated rings. The van der Waals surface area contributed by atoms with Crippen molar-refractivity contribution in [3.8, 4) is 0 Å². The summed E-state index contributed by atoms with van der Waals surface area (Å²) < 4.78 is 4.98. The maximum atomic E-state index is 9.52. The molecule has 0 amide bonds. The molecule has 0 spiro atoms. The lowest BCUT2D eigenvalue weighted by molar-refractivity contribution is 0.146. The van der Waals surface area contributed by atoms with Crippen molar-refractivity contribution in [2.75, 3.05) is 0 Å². The summed E-state index contributed by atoms with van der Waals surface area (Å²) in [6, 6.07) is 1.92. The fourth-order valence-electron chi connectivity index (χ4n) is 1.62. The van der Waals surface area contributed by atoms with Gasteiger partial charge in [0.2, 0.25) is 0 Å². The van der Waals surface area contributed by atoms with Gasteiger partial charge in [0.05, 0.1) is 11.8 Å². The highest BCUT2D eigenvalue weighted by Crippen LogP contribution is 2.50. The summed E-state index contributed by atoms with van der Waals surface area (Å²) in [5.74, 6) is 0.817. The Morgan fingerprint density at radius 3 is 2.67 bits per heavy atom. The molecule has 1 atom stereocenters. The van der Waals surface area contributed by atoms with Crippen molar-refractivity contribution in [1.82, 2.24) is 5.16 Å². The SMILES string of the molecule is Cc1cc(C2(C(C)O)CC2)no1. The zero-order valence-electron chi connectivity index (χ0n) is 7.37. The Bertz CT molecular complexity index is 286. The zero-order chi connectivity index (χ0) is 8.77. The third-order valence-electron chi connectivity index (χ3n) is 2.73. The number of rotatable bonds is 2. The van der Waals surface area contributed by atoms with Crippen LogP contribution >= 0.6 is 0 Å². The van der Waals surface area contributed by atoms with Crippen molar-refractivity contribution in [2.45, 2.75) is 38.2 Å². The largest absolute Gasteiger partial charge is 0.392 e. The molecule has 12 heavy (non-hydrogen) atoms. The van der Waals surface area contributed by atoms with Crippen molar-refractivity contribution in [2.24, 2.45) is 0 Å². The molecule has 1 heterocycles. The monoisotopic (exact) mass is 167 g/mol. The Hall–Kier alpha value is -0.830. The topological polar surface area (TPSA) is 46.3 Å². The molecule has 1 aromatic rings. The second kappa shape index (κ2) is 2.33. The standard InChI is InChI=1S/C9H13NO2/c1-6-5-8(10-12-6)9(3-4-9)7(2)11/h5,7,11H,3-4H2,1-2H3. The Morgan fingerprint density at radius 1 is 1.67 bits per heavy atom. The highest BCUT2D eigenvalue weighted by molar-refractivity contribution is 5.26. The number of nitrogens with zero attached hydrogens (tertiary/aromatic N) is 1. The molecule has 1 N–H and O–H groups in total. The van der Waals surface area contributed by atoms with Crippen molar-refractivity contribution in [1.29, 1.82) is 0 Å². The summed E-state index contributed by atoms with van der Waals surface area (Å²) in [6.07, 6.45) is 1.73. The third kappa shape index (κ3) is 0.966. The van der Waals surface area contributed by atoms with Crippen LogP contribution in [0, 0.1) is 6.92 Å². The summed E-state index contributed by atoms with van der Waals surface area (Å²) in [5, 5.41) is 13.5. The van der Waals surface area contributed by atoms with E-state index in [0.29, 0.717) is 0 Å². The predicted octanol–water partition coefficient (Wildman–Crippen LogP) is 1.40. The van der Waals surface area contributed by atoms with Gasteiger partial charge in [-0.05, 0) is 26.7 Å². The molecule has 0 aromatic carbocycles. The fourth-order valence-corrected chi connectivity index (χ4v) is 1.62. The van der Waals surface area contributed by atoms with Crippen LogP contribution in [0.15, 0.2) is 10.6 Å². The van der Waals surface area contributed by atoms with Gasteiger partial charge in [0.15, 0.2) is 0 Å². The van der Waals surface area contributed by atoms with Gasteiger partial charge in [0.1, 0.15) is 5.76 Å². The maximum Gasteiger partial charge on any atom is 0.133 e. The number of aryl methyl sites for hydroxylation is 1. The van der Waals surface area contributed by atoms with Gasteiger partial charge in [0.25, 0.3) is 0 Å². The molecular weight excluding hydrogens is 154 g/mol. The molecule has 0 radical (unpaired) electrons. The van der Waals surface area contributed by atoms with Crippen LogP contribution < -0.4 is 0 Å². The van der Waals surface area contributed by atoms with Crippen LogP contribution in [0.2, 0.25) is 0 Å². The predicted molar refractivity (Wildman–Crippen MR) is 43.8 cm³/mol. The number of aliphatic hydroxyl groups excluding tert-OH is 1. The summed E-state index contributed by atoms with van der Waals surface area (Å²) in [7, 11) is 0. The smallest absolute Gasteiger partial charge is 0.133 e. The third-order valence-corrected chi connectivity index (χ3v) is 2.73. The Labute approximate surface area is 71.4 Å². The lowest BCUT2D eigenvalue weighted by Gasteiger charge is -2.14. The molecule has 0 bridgehead atoms. The summed E-state index contributed by atoms with van der Waals surface area (Å²) >= 11 is 0. The van der Waals surface area contributed by atoms with Gasteiger partial charge in [-0.15, -0.1) is 0 Å². The van der Waals surface area contributed by atoms with E-state index in [9.17, 15) is 5.11 Å². The van der Waals surface area contributed by atoms with E-state index in [2.05, 4.69) is 5.16 Å². The van der Waals surface area contributed by atoms with Gasteiger partial charge in [-0.3, -0.25) is 0 Å². The lowest BCUT2D eigenvalue weighted by Crippen LogP contribution is -2.22. The van der Waals surface area contributed by atoms with E-state index in [1.807, 2.05) is 19.9 Å². The van der Waals surface area contributed by atoms with Crippen LogP contribution in [0.25, 0.3) is 0 Å². The molecule has 0 aliphatic heterocycles. The Morgan fingerprint density at radius 2 is 2.33 bits per heavy atom. The highest BCUT2D eigenvalue weighted by Gasteiger charge is 2.50. The summed E-state index contributed by atoms with van der Waals surface area (Å²) in [6.45, 7) is 3.69. The zero-order valence-corrected chi connectivity index (χ0v) is 7.37. The van der Waals surface area contributed by atoms with E-state index in [0.717, 1.165) is 24.3 Å². The number of hydrogen-bond donors (Lipinski definition) is 1. The Balaban J connectivity index is 2.30. The number of hydrogen-bond acceptors (Lipinski definition) is 3. The molecule has 3 nitrogen and oxygen atoms in total. The van der Waals surface area contributed by atoms with Gasteiger partial charge < -0.3 is 9.63 Å². The minimum absolute atomic E-state index is 0.0856. The van der Waals surface area contributed by atoms with Gasteiger partial charge in [0, 0.05) is 11.5 Å². The van der Waals surface area contributed by atoms with Crippen LogP contribution in [-0.4, -0.2) is 16.4 Å². The number of aromatic nitrogens is 1. The van der Waals surface area contributed by atoms with E-state index in [-0.39, 0.29) is 11.5 Å². The second-order valence-corrected chi connectivity index (χ2v) is 3.65. The van der Waals surface area contributed by atoms with Crippen LogP contribution in [-0.2, 0) is 5.41 Å². The molecule has 2 rings (SSSR count). The quantitative estimate of drug-likeness (QED) is 0.724. The Kier molecular flexibility index (Phi) is 1.51. The van der Waals surface area contributed by atoms with E-state index in [1.54, 1.807) is 0 Å². The van der Waals surface area contributed by atoms with Gasteiger partial charge in [-0.25, -0.2) is 0 Å². The van der Waals surface area contributed by atoms with Crippen molar-refractivity contribution >= 4 is 0 Å². The normalized spacial score (nSPS) is 22.2. The van der Waals surface area contributed by atoms with E-state index < -0.39 is 0 Å². The van der Waals surface area contributed by atoms with Crippen LogP contribution in [0.5, 0.6) is 0 Å². The van der Waals surface area contributed by atoms with E-state index >= 15 is 0 Å². The van der Waals surface area contributed by atoms with Crippen molar-refractivity contribution in [3.63, 3.8) is 0 Å². The van der Waals surface area contributed by atoms with Crippen LogP contribution in [0.4, 0.5) is 0 Å². The molecule has 1 aliphatic rings. The molecule has 1 unspecified atom stereocenters. The summed E-state index contributed by atoms with van der Waals surface area (Å²) in [5.41, 5.74) is 0.826. The first-order valence-corrected chi connectivity index (χ1v) is 4.27. The molecule has 66 valence electrons. The molecule has 1 aromatic heterocycles. The van der Waals surface area contributed by atoms with Crippen LogP contribution in [0.3, 0.4) is 0 Å². The average molecular weight is 167 g/mol. The minimum atomic E-state index is -0.318. The summed E-state index contributed by atoms with van der Waals surface area (Å²) in [4.78, 5) is 0. The molecular formula is C9H13NO2. The van der Waals surface area contributed by atoms with Gasteiger partial charge in [-0.2, -0.15) is 0 Å². The first-order valence-electron chi connectivity index (χ1n) is 4.27. The van der Waals surface area contributed by atoms with E-state index in [1.165, 1.54) is 0 Å². The lowest BCUT2D eigenvalue weighted by atomic mass is 9.96. The average Bonchev–Trinajstić information content (AvgIpc) is 2.71. The molecule has 1 aliphatic carbocycles. The maximum absolute atomic E-state index is 9.52. The molecule has 0 saturated heterocycles. The van der Waals surface area contributed by atoms with Crippen molar-refractivity contribution < 1.29 is 9.63 Å². The molecule has 3 heteroatoms.